The van der Waals surface area contributed by atoms with Gasteiger partial charge in [0.25, 0.3) is 0 Å². The van der Waals surface area contributed by atoms with Gasteiger partial charge in [0.1, 0.15) is 0 Å². The van der Waals surface area contributed by atoms with Crippen LogP contribution < -0.4 is 0 Å². The van der Waals surface area contributed by atoms with Gasteiger partial charge in [-0.05, 0) is 44.4 Å². The van der Waals surface area contributed by atoms with E-state index >= 15 is 0 Å². The van der Waals surface area contributed by atoms with E-state index < -0.39 is 11.9 Å². The topological polar surface area (TPSA) is 40.5 Å². The zero-order chi connectivity index (χ0) is 15.8. The largest absolute Gasteiger partial charge is 0.481 e. The number of hydrogen-bond donors (Lipinski definition) is 1. The molecule has 0 aromatic heterocycles. The van der Waals surface area contributed by atoms with E-state index in [1.54, 1.807) is 6.92 Å². The van der Waals surface area contributed by atoms with Gasteiger partial charge in [0, 0.05) is 12.6 Å². The standard InChI is InChI=1S/C18H29NO2/c1-5-7-12-19(14(3)6-2)13-16-8-10-17(11-9-16)15(4)18(20)21/h8-11,14-15H,5-7,12-13H2,1-4H3,(H,20,21). The van der Waals surface area contributed by atoms with Crippen LogP contribution in [0.15, 0.2) is 24.3 Å². The quantitative estimate of drug-likeness (QED) is 0.738. The van der Waals surface area contributed by atoms with Crippen LogP contribution in [0.5, 0.6) is 0 Å². The Hall–Kier alpha value is -1.35. The van der Waals surface area contributed by atoms with Crippen molar-refractivity contribution in [3.05, 3.63) is 35.4 Å². The smallest absolute Gasteiger partial charge is 0.310 e. The number of carboxylic acids is 1. The van der Waals surface area contributed by atoms with Crippen LogP contribution >= 0.6 is 0 Å². The maximum Gasteiger partial charge on any atom is 0.310 e. The van der Waals surface area contributed by atoms with Gasteiger partial charge in [-0.25, -0.2) is 0 Å². The van der Waals surface area contributed by atoms with Crippen molar-refractivity contribution >= 4 is 5.97 Å². The van der Waals surface area contributed by atoms with Crippen molar-refractivity contribution in [3.8, 4) is 0 Å². The third-order valence-electron chi connectivity index (χ3n) is 4.25. The van der Waals surface area contributed by atoms with Gasteiger partial charge in [-0.3, -0.25) is 9.69 Å². The van der Waals surface area contributed by atoms with Gasteiger partial charge in [-0.15, -0.1) is 0 Å². The first kappa shape index (κ1) is 17.7. The number of unbranched alkanes of at least 4 members (excludes halogenated alkanes) is 1. The second kappa shape index (κ2) is 8.83. The van der Waals surface area contributed by atoms with Crippen molar-refractivity contribution in [2.45, 2.75) is 65.5 Å². The van der Waals surface area contributed by atoms with Crippen molar-refractivity contribution in [2.75, 3.05) is 6.54 Å². The molecule has 0 saturated heterocycles. The Bertz CT molecular complexity index is 427. The van der Waals surface area contributed by atoms with Crippen LogP contribution in [-0.2, 0) is 11.3 Å². The lowest BCUT2D eigenvalue weighted by atomic mass is 10.00. The van der Waals surface area contributed by atoms with E-state index in [4.69, 9.17) is 5.11 Å². The van der Waals surface area contributed by atoms with Crippen LogP contribution in [0.2, 0.25) is 0 Å². The van der Waals surface area contributed by atoms with E-state index in [-0.39, 0.29) is 0 Å². The van der Waals surface area contributed by atoms with E-state index in [0.717, 1.165) is 25.1 Å². The lowest BCUT2D eigenvalue weighted by Gasteiger charge is -2.28. The molecule has 0 aliphatic heterocycles. The number of rotatable bonds is 9. The predicted molar refractivity (Wildman–Crippen MR) is 87.6 cm³/mol. The fourth-order valence-corrected chi connectivity index (χ4v) is 2.36. The van der Waals surface area contributed by atoms with Crippen LogP contribution in [0.3, 0.4) is 0 Å². The van der Waals surface area contributed by atoms with E-state index in [2.05, 4.69) is 37.8 Å². The first-order chi connectivity index (χ1) is 9.99. The molecule has 3 heteroatoms. The van der Waals surface area contributed by atoms with Gasteiger partial charge < -0.3 is 5.11 Å². The molecule has 1 rings (SSSR count). The average Bonchev–Trinajstić information content (AvgIpc) is 2.50. The summed E-state index contributed by atoms with van der Waals surface area (Å²) in [7, 11) is 0. The first-order valence-corrected chi connectivity index (χ1v) is 8.05. The Morgan fingerprint density at radius 1 is 1.19 bits per heavy atom. The summed E-state index contributed by atoms with van der Waals surface area (Å²) in [6.45, 7) is 10.5. The molecule has 3 nitrogen and oxygen atoms in total. The fraction of sp³-hybridized carbons (Fsp3) is 0.611. The zero-order valence-corrected chi connectivity index (χ0v) is 13.8. The van der Waals surface area contributed by atoms with E-state index in [1.165, 1.54) is 18.4 Å². The van der Waals surface area contributed by atoms with E-state index in [9.17, 15) is 4.79 Å². The third kappa shape index (κ3) is 5.50. The Morgan fingerprint density at radius 3 is 2.29 bits per heavy atom. The molecular formula is C18H29NO2. The Kier molecular flexibility index (Phi) is 7.44. The lowest BCUT2D eigenvalue weighted by Crippen LogP contribution is -2.33. The molecule has 0 aliphatic rings. The summed E-state index contributed by atoms with van der Waals surface area (Å²) in [5.74, 6) is -1.21. The van der Waals surface area contributed by atoms with Crippen LogP contribution in [-0.4, -0.2) is 28.6 Å². The molecule has 2 atom stereocenters. The molecular weight excluding hydrogens is 262 g/mol. The summed E-state index contributed by atoms with van der Waals surface area (Å²) in [5.41, 5.74) is 2.13. The maximum atomic E-state index is 11.0. The number of carbonyl (C=O) groups is 1. The summed E-state index contributed by atoms with van der Waals surface area (Å²) < 4.78 is 0. The molecule has 0 bridgehead atoms. The maximum absolute atomic E-state index is 11.0. The second-order valence-corrected chi connectivity index (χ2v) is 5.88. The van der Waals surface area contributed by atoms with Gasteiger partial charge >= 0.3 is 5.97 Å². The summed E-state index contributed by atoms with van der Waals surface area (Å²) in [4.78, 5) is 13.5. The van der Waals surface area contributed by atoms with Gasteiger partial charge in [-0.1, -0.05) is 44.5 Å². The molecule has 118 valence electrons. The fourth-order valence-electron chi connectivity index (χ4n) is 2.36. The number of hydrogen-bond acceptors (Lipinski definition) is 2. The van der Waals surface area contributed by atoms with Crippen LogP contribution in [0.25, 0.3) is 0 Å². The molecule has 1 aromatic rings. The normalized spacial score (nSPS) is 14.1. The van der Waals surface area contributed by atoms with Crippen molar-refractivity contribution in [1.29, 1.82) is 0 Å². The van der Waals surface area contributed by atoms with E-state index in [1.807, 2.05) is 12.1 Å². The van der Waals surface area contributed by atoms with Gasteiger partial charge in [0.15, 0.2) is 0 Å². The molecule has 0 radical (unpaired) electrons. The van der Waals surface area contributed by atoms with Crippen molar-refractivity contribution in [2.24, 2.45) is 0 Å². The highest BCUT2D eigenvalue weighted by molar-refractivity contribution is 5.75. The summed E-state index contributed by atoms with van der Waals surface area (Å²) in [6.07, 6.45) is 3.58. The Labute approximate surface area is 129 Å². The Balaban J connectivity index is 2.73. The molecule has 0 spiro atoms. The molecule has 1 aromatic carbocycles. The van der Waals surface area contributed by atoms with E-state index in [0.29, 0.717) is 6.04 Å². The summed E-state index contributed by atoms with van der Waals surface area (Å²) in [6, 6.07) is 8.60. The van der Waals surface area contributed by atoms with Crippen LogP contribution in [0, 0.1) is 0 Å². The molecule has 21 heavy (non-hydrogen) atoms. The minimum atomic E-state index is -0.771. The highest BCUT2D eigenvalue weighted by Gasteiger charge is 2.15. The van der Waals surface area contributed by atoms with Crippen LogP contribution in [0.1, 0.15) is 64.0 Å². The van der Waals surface area contributed by atoms with Crippen LogP contribution in [0.4, 0.5) is 0 Å². The monoisotopic (exact) mass is 291 g/mol. The molecule has 0 aliphatic carbocycles. The molecule has 0 heterocycles. The highest BCUT2D eigenvalue weighted by Crippen LogP contribution is 2.18. The Morgan fingerprint density at radius 2 is 1.81 bits per heavy atom. The van der Waals surface area contributed by atoms with Gasteiger partial charge in [0.2, 0.25) is 0 Å². The zero-order valence-electron chi connectivity index (χ0n) is 13.8. The van der Waals surface area contributed by atoms with Crippen molar-refractivity contribution < 1.29 is 9.90 Å². The highest BCUT2D eigenvalue weighted by atomic mass is 16.4. The second-order valence-electron chi connectivity index (χ2n) is 5.88. The first-order valence-electron chi connectivity index (χ1n) is 8.05. The van der Waals surface area contributed by atoms with Gasteiger partial charge in [0.05, 0.1) is 5.92 Å². The molecule has 1 N–H and O–H groups in total. The van der Waals surface area contributed by atoms with Crippen molar-refractivity contribution in [1.82, 2.24) is 4.90 Å². The average molecular weight is 291 g/mol. The summed E-state index contributed by atoms with van der Waals surface area (Å²) in [5, 5.41) is 9.04. The number of nitrogens with zero attached hydrogens (tertiary/aromatic N) is 1. The van der Waals surface area contributed by atoms with Crippen molar-refractivity contribution in [3.63, 3.8) is 0 Å². The number of benzene rings is 1. The molecule has 0 fully saturated rings. The SMILES string of the molecule is CCCCN(Cc1ccc(C(C)C(=O)O)cc1)C(C)CC. The molecule has 0 amide bonds. The van der Waals surface area contributed by atoms with Gasteiger partial charge in [-0.2, -0.15) is 0 Å². The summed E-state index contributed by atoms with van der Waals surface area (Å²) >= 11 is 0. The minimum Gasteiger partial charge on any atom is -0.481 e. The molecule has 0 saturated carbocycles. The molecule has 2 unspecified atom stereocenters. The lowest BCUT2D eigenvalue weighted by molar-refractivity contribution is -0.138. The number of carboxylic acid groups (broad SMARTS) is 1. The predicted octanol–water partition coefficient (Wildman–Crippen LogP) is 4.28. The third-order valence-corrected chi connectivity index (χ3v) is 4.25. The number of aliphatic carboxylic acids is 1. The minimum absolute atomic E-state index is 0.440.